The van der Waals surface area contributed by atoms with Crippen LogP contribution in [0.2, 0.25) is 5.02 Å². The van der Waals surface area contributed by atoms with Crippen molar-refractivity contribution in [2.45, 2.75) is 31.0 Å². The molecule has 0 aromatic heterocycles. The zero-order valence-corrected chi connectivity index (χ0v) is 11.8. The van der Waals surface area contributed by atoms with Gasteiger partial charge < -0.3 is 21.5 Å². The Balaban J connectivity index is 1.80. The molecule has 6 heteroatoms. The summed E-state index contributed by atoms with van der Waals surface area (Å²) >= 11 is 5.90. The number of hydrogen-bond acceptors (Lipinski definition) is 4. The zero-order valence-electron chi connectivity index (χ0n) is 11.0. The van der Waals surface area contributed by atoms with E-state index in [0.29, 0.717) is 22.2 Å². The quantitative estimate of drug-likeness (QED) is 0.785. The summed E-state index contributed by atoms with van der Waals surface area (Å²) in [6.45, 7) is 0.773. The Kier molecular flexibility index (Phi) is 3.58. The fourth-order valence-corrected chi connectivity index (χ4v) is 3.32. The lowest BCUT2D eigenvalue weighted by molar-refractivity contribution is -0.104. The Hall–Kier alpha value is -1.30. The smallest absolute Gasteiger partial charge is 0.250 e. The van der Waals surface area contributed by atoms with Gasteiger partial charge in [-0.15, -0.1) is 0 Å². The van der Waals surface area contributed by atoms with E-state index < -0.39 is 5.91 Å². The third-order valence-electron chi connectivity index (χ3n) is 4.25. The van der Waals surface area contributed by atoms with Gasteiger partial charge in [0.25, 0.3) is 5.91 Å². The number of primary amides is 1. The first-order valence-electron chi connectivity index (χ1n) is 6.81. The van der Waals surface area contributed by atoms with Crippen LogP contribution >= 0.6 is 11.6 Å². The van der Waals surface area contributed by atoms with E-state index >= 15 is 0 Å². The van der Waals surface area contributed by atoms with E-state index in [4.69, 9.17) is 27.8 Å². The molecule has 1 heterocycles. The number of amides is 1. The normalized spacial score (nSPS) is 32.1. The summed E-state index contributed by atoms with van der Waals surface area (Å²) < 4.78 is 5.77. The van der Waals surface area contributed by atoms with E-state index in [-0.39, 0.29) is 18.2 Å². The minimum atomic E-state index is -0.510. The van der Waals surface area contributed by atoms with Crippen LogP contribution in [0.25, 0.3) is 0 Å². The average molecular weight is 296 g/mol. The lowest BCUT2D eigenvalue weighted by Gasteiger charge is -2.52. The Morgan fingerprint density at radius 1 is 1.45 bits per heavy atom. The molecular weight excluding hydrogens is 278 g/mol. The van der Waals surface area contributed by atoms with Gasteiger partial charge in [-0.1, -0.05) is 11.6 Å². The van der Waals surface area contributed by atoms with Crippen LogP contribution in [0.4, 0.5) is 5.69 Å². The molecule has 1 saturated heterocycles. The molecular formula is C14H18ClN3O2. The van der Waals surface area contributed by atoms with E-state index in [1.807, 2.05) is 0 Å². The van der Waals surface area contributed by atoms with Gasteiger partial charge in [-0.25, -0.2) is 0 Å². The largest absolute Gasteiger partial charge is 0.377 e. The van der Waals surface area contributed by atoms with Crippen molar-refractivity contribution in [3.05, 3.63) is 28.8 Å². The molecule has 0 spiro atoms. The van der Waals surface area contributed by atoms with Crippen molar-refractivity contribution in [1.29, 1.82) is 0 Å². The number of nitrogens with two attached hydrogens (primary N) is 2. The lowest BCUT2D eigenvalue weighted by atomic mass is 9.68. The number of anilines is 1. The molecule has 20 heavy (non-hydrogen) atoms. The second-order valence-electron chi connectivity index (χ2n) is 5.44. The van der Waals surface area contributed by atoms with Gasteiger partial charge in [-0.05, 0) is 31.0 Å². The van der Waals surface area contributed by atoms with Gasteiger partial charge in [0, 0.05) is 29.3 Å². The maximum Gasteiger partial charge on any atom is 0.250 e. The molecule has 1 aromatic rings. The molecule has 2 aliphatic rings. The highest BCUT2D eigenvalue weighted by Crippen LogP contribution is 2.39. The van der Waals surface area contributed by atoms with Gasteiger partial charge in [-0.3, -0.25) is 4.79 Å². The van der Waals surface area contributed by atoms with Crippen LogP contribution in [-0.2, 0) is 4.74 Å². The number of halogens is 1. The number of fused-ring (bicyclic) bond motifs is 1. The molecule has 0 radical (unpaired) electrons. The number of rotatable bonds is 3. The maximum atomic E-state index is 11.5. The summed E-state index contributed by atoms with van der Waals surface area (Å²) in [5.74, 6) is -0.102. The topological polar surface area (TPSA) is 90.4 Å². The molecule has 4 atom stereocenters. The lowest BCUT2D eigenvalue weighted by Crippen LogP contribution is -2.69. The summed E-state index contributed by atoms with van der Waals surface area (Å²) in [6.07, 6.45) is 2.29. The number of carbonyl (C=O) groups is 1. The van der Waals surface area contributed by atoms with Crippen molar-refractivity contribution in [2.24, 2.45) is 17.4 Å². The highest BCUT2D eigenvalue weighted by molar-refractivity contribution is 6.31. The van der Waals surface area contributed by atoms with Crippen LogP contribution < -0.4 is 16.8 Å². The summed E-state index contributed by atoms with van der Waals surface area (Å²) in [7, 11) is 0. The third-order valence-corrected chi connectivity index (χ3v) is 4.48. The Morgan fingerprint density at radius 3 is 3.00 bits per heavy atom. The molecule has 0 bridgehead atoms. The zero-order chi connectivity index (χ0) is 14.3. The van der Waals surface area contributed by atoms with Crippen LogP contribution in [0.1, 0.15) is 23.2 Å². The van der Waals surface area contributed by atoms with Crippen molar-refractivity contribution >= 4 is 23.2 Å². The van der Waals surface area contributed by atoms with Gasteiger partial charge in [0.1, 0.15) is 0 Å². The fourth-order valence-electron chi connectivity index (χ4n) is 3.15. The summed E-state index contributed by atoms with van der Waals surface area (Å²) in [4.78, 5) is 11.5. The van der Waals surface area contributed by atoms with Crippen LogP contribution in [0, 0.1) is 5.92 Å². The molecule has 1 amide bonds. The Morgan fingerprint density at radius 2 is 2.25 bits per heavy atom. The first kappa shape index (κ1) is 13.7. The highest BCUT2D eigenvalue weighted by Gasteiger charge is 2.50. The van der Waals surface area contributed by atoms with E-state index in [1.54, 1.807) is 18.2 Å². The number of ether oxygens (including phenoxy) is 1. The van der Waals surface area contributed by atoms with Crippen molar-refractivity contribution in [3.63, 3.8) is 0 Å². The van der Waals surface area contributed by atoms with Crippen LogP contribution in [0.3, 0.4) is 0 Å². The van der Waals surface area contributed by atoms with Crippen molar-refractivity contribution in [2.75, 3.05) is 11.9 Å². The predicted octanol–water partition coefficient (Wildman–Crippen LogP) is 1.36. The first-order chi connectivity index (χ1) is 9.58. The van der Waals surface area contributed by atoms with Crippen molar-refractivity contribution in [3.8, 4) is 0 Å². The molecule has 2 fully saturated rings. The molecule has 1 aromatic carbocycles. The SMILES string of the molecule is NC(=O)c1cc(Cl)ccc1NC1C(N)C2CCCOC21. The average Bonchev–Trinajstić information content (AvgIpc) is 2.45. The molecule has 1 aliphatic heterocycles. The van der Waals surface area contributed by atoms with Crippen molar-refractivity contribution in [1.82, 2.24) is 0 Å². The summed E-state index contributed by atoms with van der Waals surface area (Å²) in [5.41, 5.74) is 12.6. The monoisotopic (exact) mass is 295 g/mol. The number of carbonyl (C=O) groups excluding carboxylic acids is 1. The van der Waals surface area contributed by atoms with Gasteiger partial charge >= 0.3 is 0 Å². The number of hydrogen-bond donors (Lipinski definition) is 3. The van der Waals surface area contributed by atoms with E-state index in [1.165, 1.54) is 0 Å². The van der Waals surface area contributed by atoms with Gasteiger partial charge in [0.05, 0.1) is 17.7 Å². The number of nitrogens with one attached hydrogen (secondary N) is 1. The second-order valence-corrected chi connectivity index (χ2v) is 5.88. The van der Waals surface area contributed by atoms with E-state index in [9.17, 15) is 4.79 Å². The fraction of sp³-hybridized carbons (Fsp3) is 0.500. The predicted molar refractivity (Wildman–Crippen MR) is 77.8 cm³/mol. The molecule has 5 nitrogen and oxygen atoms in total. The second kappa shape index (κ2) is 5.24. The minimum Gasteiger partial charge on any atom is -0.377 e. The Bertz CT molecular complexity index is 537. The highest BCUT2D eigenvalue weighted by atomic mass is 35.5. The summed E-state index contributed by atoms with van der Waals surface area (Å²) in [5, 5.41) is 3.78. The molecule has 5 N–H and O–H groups in total. The molecule has 4 unspecified atom stereocenters. The van der Waals surface area contributed by atoms with Gasteiger partial charge in [0.2, 0.25) is 0 Å². The molecule has 1 saturated carbocycles. The molecule has 1 aliphatic carbocycles. The molecule has 108 valence electrons. The standard InChI is InChI=1S/C14H18ClN3O2/c15-7-3-4-10(9(6-7)14(17)19)18-12-11(16)8-2-1-5-20-13(8)12/h3-4,6,8,11-13,18H,1-2,5,16H2,(H2,17,19). The molecule has 3 rings (SSSR count). The van der Waals surface area contributed by atoms with Gasteiger partial charge in [0.15, 0.2) is 0 Å². The van der Waals surface area contributed by atoms with Crippen molar-refractivity contribution < 1.29 is 9.53 Å². The maximum absolute atomic E-state index is 11.5. The van der Waals surface area contributed by atoms with Crippen LogP contribution in [0.15, 0.2) is 18.2 Å². The Labute approximate surface area is 122 Å². The number of benzene rings is 1. The first-order valence-corrected chi connectivity index (χ1v) is 7.19. The van der Waals surface area contributed by atoms with Crippen LogP contribution in [-0.4, -0.2) is 30.7 Å². The van der Waals surface area contributed by atoms with Crippen LogP contribution in [0.5, 0.6) is 0 Å². The third kappa shape index (κ3) is 2.26. The van der Waals surface area contributed by atoms with E-state index in [2.05, 4.69) is 5.32 Å². The van der Waals surface area contributed by atoms with Gasteiger partial charge in [-0.2, -0.15) is 0 Å². The minimum absolute atomic E-state index is 0.0135. The van der Waals surface area contributed by atoms with E-state index in [0.717, 1.165) is 19.4 Å². The summed E-state index contributed by atoms with van der Waals surface area (Å²) in [6, 6.07) is 5.09.